The summed E-state index contributed by atoms with van der Waals surface area (Å²) < 4.78 is 10.7. The molecule has 1 N–H and O–H groups in total. The van der Waals surface area contributed by atoms with E-state index in [1.54, 1.807) is 19.1 Å². The summed E-state index contributed by atoms with van der Waals surface area (Å²) in [7, 11) is 3.27. The number of hydrogen-bond donors (Lipinski definition) is 1. The summed E-state index contributed by atoms with van der Waals surface area (Å²) in [5.74, 6) is 0.258. The van der Waals surface area contributed by atoms with Gasteiger partial charge in [0.1, 0.15) is 17.5 Å². The van der Waals surface area contributed by atoms with Crippen molar-refractivity contribution in [1.29, 1.82) is 0 Å². The van der Waals surface area contributed by atoms with Crippen molar-refractivity contribution in [3.05, 3.63) is 23.8 Å². The fraction of sp³-hybridized carbons (Fsp3) is 0.556. The van der Waals surface area contributed by atoms with Crippen LogP contribution in [0.4, 0.5) is 0 Å². The van der Waals surface area contributed by atoms with Gasteiger partial charge in [0, 0.05) is 18.5 Å². The second-order valence-corrected chi connectivity index (χ2v) is 6.24. The van der Waals surface area contributed by atoms with Crippen molar-refractivity contribution in [1.82, 2.24) is 4.90 Å². The Kier molecular flexibility index (Phi) is 6.64. The van der Waals surface area contributed by atoms with Gasteiger partial charge < -0.3 is 29.2 Å². The zero-order valence-corrected chi connectivity index (χ0v) is 15.0. The number of rotatable bonds is 7. The lowest BCUT2D eigenvalue weighted by Crippen LogP contribution is -3.14. The topological polar surface area (TPSA) is 83.3 Å². The molecule has 1 atom stereocenters. The van der Waals surface area contributed by atoms with Crippen LogP contribution in [0.15, 0.2) is 18.2 Å². The molecule has 0 radical (unpaired) electrons. The number of aliphatic carboxylic acids is 1. The number of nitrogens with zero attached hydrogens (tertiary/aromatic N) is 1. The van der Waals surface area contributed by atoms with Crippen LogP contribution < -0.4 is 19.5 Å². The third kappa shape index (κ3) is 4.85. The monoisotopic (exact) mass is 350 g/mol. The van der Waals surface area contributed by atoms with E-state index in [1.165, 1.54) is 4.90 Å². The van der Waals surface area contributed by atoms with Gasteiger partial charge in [-0.1, -0.05) is 0 Å². The summed E-state index contributed by atoms with van der Waals surface area (Å²) in [4.78, 5) is 25.6. The Morgan fingerprint density at radius 1 is 1.20 bits per heavy atom. The van der Waals surface area contributed by atoms with Crippen LogP contribution in [0.3, 0.4) is 0 Å². The van der Waals surface area contributed by atoms with Gasteiger partial charge in [-0.3, -0.25) is 4.79 Å². The van der Waals surface area contributed by atoms with Crippen LogP contribution >= 0.6 is 0 Å². The SMILES string of the molecule is COc1ccc([C@@H](C)[NH+]2CCN(C(=O)CCC(=O)[O-])CC2)c(OC)c1. The third-order valence-electron chi connectivity index (χ3n) is 4.82. The minimum atomic E-state index is -1.18. The zero-order chi connectivity index (χ0) is 18.4. The van der Waals surface area contributed by atoms with Gasteiger partial charge in [0.15, 0.2) is 0 Å². The summed E-state index contributed by atoms with van der Waals surface area (Å²) in [6.07, 6.45) is -0.203. The summed E-state index contributed by atoms with van der Waals surface area (Å²) in [6.45, 7) is 5.03. The Morgan fingerprint density at radius 2 is 1.88 bits per heavy atom. The van der Waals surface area contributed by atoms with E-state index in [0.717, 1.165) is 30.2 Å². The van der Waals surface area contributed by atoms with Crippen LogP contribution in [-0.4, -0.2) is 57.2 Å². The number of carbonyl (C=O) groups excluding carboxylic acids is 2. The van der Waals surface area contributed by atoms with Crippen molar-refractivity contribution >= 4 is 11.9 Å². The summed E-state index contributed by atoms with van der Waals surface area (Å²) in [5, 5.41) is 10.5. The first-order chi connectivity index (χ1) is 12.0. The number of benzene rings is 1. The second-order valence-electron chi connectivity index (χ2n) is 6.24. The van der Waals surface area contributed by atoms with Crippen molar-refractivity contribution in [2.24, 2.45) is 0 Å². The van der Waals surface area contributed by atoms with Gasteiger partial charge in [0.25, 0.3) is 0 Å². The Morgan fingerprint density at radius 3 is 2.44 bits per heavy atom. The highest BCUT2D eigenvalue weighted by atomic mass is 16.5. The molecule has 0 aromatic heterocycles. The lowest BCUT2D eigenvalue weighted by atomic mass is 10.0. The van der Waals surface area contributed by atoms with E-state index in [-0.39, 0.29) is 24.8 Å². The van der Waals surface area contributed by atoms with Gasteiger partial charge in [-0.15, -0.1) is 0 Å². The van der Waals surface area contributed by atoms with Crippen LogP contribution in [-0.2, 0) is 9.59 Å². The molecular weight excluding hydrogens is 324 g/mol. The van der Waals surface area contributed by atoms with Crippen LogP contribution in [0.2, 0.25) is 0 Å². The number of carboxylic acid groups (broad SMARTS) is 1. The second kappa shape index (κ2) is 8.71. The molecule has 2 rings (SSSR count). The number of carboxylic acids is 1. The molecule has 1 amide bonds. The molecule has 1 fully saturated rings. The van der Waals surface area contributed by atoms with Gasteiger partial charge >= 0.3 is 0 Å². The van der Waals surface area contributed by atoms with E-state index in [4.69, 9.17) is 9.47 Å². The molecule has 0 unspecified atom stereocenters. The number of nitrogens with one attached hydrogen (secondary N) is 1. The van der Waals surface area contributed by atoms with E-state index >= 15 is 0 Å². The molecule has 25 heavy (non-hydrogen) atoms. The number of hydrogen-bond acceptors (Lipinski definition) is 5. The molecule has 0 spiro atoms. The van der Waals surface area contributed by atoms with Crippen molar-refractivity contribution in [2.45, 2.75) is 25.8 Å². The Hall–Kier alpha value is -2.28. The van der Waals surface area contributed by atoms with Gasteiger partial charge in [0.2, 0.25) is 5.91 Å². The number of methoxy groups -OCH3 is 2. The van der Waals surface area contributed by atoms with Gasteiger partial charge in [-0.25, -0.2) is 0 Å². The van der Waals surface area contributed by atoms with Crippen LogP contribution in [0.25, 0.3) is 0 Å². The highest BCUT2D eigenvalue weighted by molar-refractivity contribution is 5.80. The maximum atomic E-state index is 12.0. The minimum Gasteiger partial charge on any atom is -0.550 e. The maximum Gasteiger partial charge on any atom is 0.223 e. The van der Waals surface area contributed by atoms with E-state index in [1.807, 2.05) is 18.2 Å². The molecule has 0 bridgehead atoms. The number of amides is 1. The molecule has 1 heterocycles. The summed E-state index contributed by atoms with van der Waals surface area (Å²) >= 11 is 0. The molecule has 7 heteroatoms. The van der Waals surface area contributed by atoms with Crippen LogP contribution in [0, 0.1) is 0 Å². The molecule has 1 aromatic rings. The lowest BCUT2D eigenvalue weighted by Gasteiger charge is -2.36. The highest BCUT2D eigenvalue weighted by Gasteiger charge is 2.29. The molecule has 138 valence electrons. The number of piperazine rings is 1. The van der Waals surface area contributed by atoms with Gasteiger partial charge in [-0.05, 0) is 25.5 Å². The van der Waals surface area contributed by atoms with Gasteiger partial charge in [-0.2, -0.15) is 0 Å². The predicted molar refractivity (Wildman–Crippen MR) is 89.5 cm³/mol. The van der Waals surface area contributed by atoms with Crippen LogP contribution in [0.5, 0.6) is 11.5 Å². The first kappa shape index (κ1) is 19.1. The first-order valence-corrected chi connectivity index (χ1v) is 8.50. The molecule has 1 aliphatic heterocycles. The van der Waals surface area contributed by atoms with Crippen LogP contribution in [0.1, 0.15) is 31.4 Å². The van der Waals surface area contributed by atoms with Crippen molar-refractivity contribution in [3.63, 3.8) is 0 Å². The fourth-order valence-electron chi connectivity index (χ4n) is 3.24. The Bertz CT molecular complexity index is 611. The standard InChI is InChI=1S/C18H26N2O5/c1-13(15-5-4-14(24-2)12-16(15)25-3)19-8-10-20(11-9-19)17(21)6-7-18(22)23/h4-5,12-13H,6-11H2,1-3H3,(H,22,23)/t13-/m1/s1. The summed E-state index contributed by atoms with van der Waals surface area (Å²) in [5.41, 5.74) is 1.11. The average Bonchev–Trinajstić information content (AvgIpc) is 2.65. The van der Waals surface area contributed by atoms with E-state index in [0.29, 0.717) is 13.1 Å². The summed E-state index contributed by atoms with van der Waals surface area (Å²) in [6, 6.07) is 6.05. The predicted octanol–water partition coefficient (Wildman–Crippen LogP) is -0.978. The average molecular weight is 350 g/mol. The Labute approximate surface area is 148 Å². The molecule has 0 aliphatic carbocycles. The van der Waals surface area contributed by atoms with E-state index in [9.17, 15) is 14.7 Å². The van der Waals surface area contributed by atoms with Crippen molar-refractivity contribution < 1.29 is 29.1 Å². The quantitative estimate of drug-likeness (QED) is 0.684. The largest absolute Gasteiger partial charge is 0.550 e. The number of ether oxygens (including phenoxy) is 2. The fourth-order valence-corrected chi connectivity index (χ4v) is 3.24. The Balaban J connectivity index is 1.96. The number of quaternary nitrogens is 1. The van der Waals surface area contributed by atoms with Crippen molar-refractivity contribution in [2.75, 3.05) is 40.4 Å². The van der Waals surface area contributed by atoms with Crippen molar-refractivity contribution in [3.8, 4) is 11.5 Å². The highest BCUT2D eigenvalue weighted by Crippen LogP contribution is 2.28. The first-order valence-electron chi connectivity index (χ1n) is 8.50. The third-order valence-corrected chi connectivity index (χ3v) is 4.82. The molecule has 1 aromatic carbocycles. The molecule has 1 aliphatic rings. The van der Waals surface area contributed by atoms with E-state index in [2.05, 4.69) is 6.92 Å². The molecule has 7 nitrogen and oxygen atoms in total. The maximum absolute atomic E-state index is 12.0. The molecule has 1 saturated heterocycles. The number of carbonyl (C=O) groups is 2. The van der Waals surface area contributed by atoms with Gasteiger partial charge in [0.05, 0.1) is 46.0 Å². The smallest absolute Gasteiger partial charge is 0.223 e. The molecular formula is C18H26N2O5. The minimum absolute atomic E-state index is 0.0134. The zero-order valence-electron chi connectivity index (χ0n) is 15.0. The lowest BCUT2D eigenvalue weighted by molar-refractivity contribution is -0.933. The molecule has 0 saturated carbocycles. The normalized spacial score (nSPS) is 16.4. The van der Waals surface area contributed by atoms with E-state index < -0.39 is 5.97 Å².